The number of carbonyl (C=O) groups excluding carboxylic acids is 1. The molecular weight excluding hydrogens is 296 g/mol. The Kier molecular flexibility index (Phi) is 5.52. The van der Waals surface area contributed by atoms with Gasteiger partial charge in [-0.1, -0.05) is 53.7 Å². The number of nitrogens with zero attached hydrogens (tertiary/aromatic N) is 3. The van der Waals surface area contributed by atoms with Crippen LogP contribution in [0.25, 0.3) is 0 Å². The SMILES string of the molecule is O=C(CSc1ncc(Cl)cn1)N/N=C\c1ccccc1. The highest BCUT2D eigenvalue weighted by Crippen LogP contribution is 2.13. The second-order valence-electron chi connectivity index (χ2n) is 3.68. The van der Waals surface area contributed by atoms with Crippen LogP contribution in [0.5, 0.6) is 0 Å². The fourth-order valence-electron chi connectivity index (χ4n) is 1.26. The minimum Gasteiger partial charge on any atom is -0.272 e. The van der Waals surface area contributed by atoms with E-state index in [1.54, 1.807) is 6.21 Å². The van der Waals surface area contributed by atoms with Gasteiger partial charge in [0.25, 0.3) is 5.91 Å². The molecule has 0 aliphatic carbocycles. The predicted molar refractivity (Wildman–Crippen MR) is 79.9 cm³/mol. The highest BCUT2D eigenvalue weighted by molar-refractivity contribution is 7.99. The van der Waals surface area contributed by atoms with Gasteiger partial charge in [-0.15, -0.1) is 0 Å². The molecule has 7 heteroatoms. The maximum atomic E-state index is 11.5. The number of halogens is 1. The zero-order valence-corrected chi connectivity index (χ0v) is 11.9. The molecule has 0 aliphatic heterocycles. The standard InChI is InChI=1S/C13H11ClN4OS/c14-11-7-15-13(16-8-11)20-9-12(19)18-17-6-10-4-2-1-3-5-10/h1-8H,9H2,(H,18,19)/b17-6-. The molecule has 0 aliphatic rings. The Bertz CT molecular complexity index is 589. The quantitative estimate of drug-likeness (QED) is 0.398. The summed E-state index contributed by atoms with van der Waals surface area (Å²) in [7, 11) is 0. The first kappa shape index (κ1) is 14.5. The molecule has 20 heavy (non-hydrogen) atoms. The molecule has 2 aromatic rings. The van der Waals surface area contributed by atoms with E-state index in [9.17, 15) is 4.79 Å². The number of hydrazone groups is 1. The van der Waals surface area contributed by atoms with Gasteiger partial charge in [-0.25, -0.2) is 15.4 Å². The van der Waals surface area contributed by atoms with Crippen molar-refractivity contribution in [3.8, 4) is 0 Å². The zero-order valence-electron chi connectivity index (χ0n) is 10.4. The fraction of sp³-hybridized carbons (Fsp3) is 0.0769. The average Bonchev–Trinajstić information content (AvgIpc) is 2.48. The van der Waals surface area contributed by atoms with Crippen molar-refractivity contribution in [2.75, 3.05) is 5.75 Å². The van der Waals surface area contributed by atoms with Crippen LogP contribution in [-0.2, 0) is 4.79 Å². The van der Waals surface area contributed by atoms with Crippen molar-refractivity contribution in [1.29, 1.82) is 0 Å². The van der Waals surface area contributed by atoms with Crippen LogP contribution in [0.1, 0.15) is 5.56 Å². The summed E-state index contributed by atoms with van der Waals surface area (Å²) in [5, 5.41) is 4.83. The molecule has 0 spiro atoms. The smallest absolute Gasteiger partial charge is 0.250 e. The predicted octanol–water partition coefficient (Wildman–Crippen LogP) is 2.37. The molecule has 2 rings (SSSR count). The summed E-state index contributed by atoms with van der Waals surface area (Å²) in [6, 6.07) is 9.50. The minimum atomic E-state index is -0.222. The number of aromatic nitrogens is 2. The molecule has 0 bridgehead atoms. The van der Waals surface area contributed by atoms with E-state index in [1.807, 2.05) is 30.3 Å². The molecule has 1 heterocycles. The Morgan fingerprint density at radius 2 is 2.00 bits per heavy atom. The zero-order chi connectivity index (χ0) is 14.2. The van der Waals surface area contributed by atoms with Gasteiger partial charge in [0.05, 0.1) is 29.4 Å². The van der Waals surface area contributed by atoms with E-state index in [4.69, 9.17) is 11.6 Å². The highest BCUT2D eigenvalue weighted by atomic mass is 35.5. The van der Waals surface area contributed by atoms with E-state index in [0.717, 1.165) is 5.56 Å². The van der Waals surface area contributed by atoms with E-state index >= 15 is 0 Å². The molecular formula is C13H11ClN4OS. The van der Waals surface area contributed by atoms with E-state index < -0.39 is 0 Å². The van der Waals surface area contributed by atoms with Gasteiger partial charge in [0.1, 0.15) is 0 Å². The minimum absolute atomic E-state index is 0.188. The highest BCUT2D eigenvalue weighted by Gasteiger charge is 2.03. The van der Waals surface area contributed by atoms with Crippen molar-refractivity contribution in [2.45, 2.75) is 5.16 Å². The lowest BCUT2D eigenvalue weighted by atomic mass is 10.2. The van der Waals surface area contributed by atoms with E-state index in [-0.39, 0.29) is 11.7 Å². The van der Waals surface area contributed by atoms with Crippen molar-refractivity contribution < 1.29 is 4.79 Å². The molecule has 102 valence electrons. The molecule has 0 saturated heterocycles. The number of amides is 1. The Labute approximate surface area is 125 Å². The summed E-state index contributed by atoms with van der Waals surface area (Å²) in [5.41, 5.74) is 3.36. The molecule has 1 aromatic carbocycles. The van der Waals surface area contributed by atoms with Crippen molar-refractivity contribution >= 4 is 35.5 Å². The Hall–Kier alpha value is -1.92. The second kappa shape index (κ2) is 7.62. The van der Waals surface area contributed by atoms with Crippen LogP contribution in [0.3, 0.4) is 0 Å². The van der Waals surface area contributed by atoms with Crippen LogP contribution in [0.2, 0.25) is 5.02 Å². The first-order valence-electron chi connectivity index (χ1n) is 5.71. The number of rotatable bonds is 5. The van der Waals surface area contributed by atoms with Crippen LogP contribution < -0.4 is 5.43 Å². The summed E-state index contributed by atoms with van der Waals surface area (Å²) in [5.74, 6) is -0.0333. The lowest BCUT2D eigenvalue weighted by Gasteiger charge is -1.99. The number of hydrogen-bond acceptors (Lipinski definition) is 5. The maximum absolute atomic E-state index is 11.5. The summed E-state index contributed by atoms with van der Waals surface area (Å²) in [6.07, 6.45) is 4.56. The van der Waals surface area contributed by atoms with Crippen LogP contribution in [0.15, 0.2) is 53.0 Å². The van der Waals surface area contributed by atoms with Gasteiger partial charge in [0, 0.05) is 0 Å². The van der Waals surface area contributed by atoms with Crippen LogP contribution in [-0.4, -0.2) is 27.8 Å². The Morgan fingerprint density at radius 3 is 2.70 bits per heavy atom. The topological polar surface area (TPSA) is 67.2 Å². The molecule has 0 saturated carbocycles. The van der Waals surface area contributed by atoms with Gasteiger partial charge in [-0.3, -0.25) is 4.79 Å². The molecule has 1 N–H and O–H groups in total. The van der Waals surface area contributed by atoms with Crippen molar-refractivity contribution in [3.63, 3.8) is 0 Å². The second-order valence-corrected chi connectivity index (χ2v) is 5.06. The summed E-state index contributed by atoms with van der Waals surface area (Å²) < 4.78 is 0. The summed E-state index contributed by atoms with van der Waals surface area (Å²) in [4.78, 5) is 19.5. The third-order valence-electron chi connectivity index (χ3n) is 2.13. The average molecular weight is 307 g/mol. The lowest BCUT2D eigenvalue weighted by Crippen LogP contribution is -2.19. The Balaban J connectivity index is 1.76. The van der Waals surface area contributed by atoms with Gasteiger partial charge in [-0.2, -0.15) is 5.10 Å². The lowest BCUT2D eigenvalue weighted by molar-refractivity contribution is -0.118. The number of hydrogen-bond donors (Lipinski definition) is 1. The number of benzene rings is 1. The molecule has 0 atom stereocenters. The summed E-state index contributed by atoms with van der Waals surface area (Å²) >= 11 is 6.89. The molecule has 1 amide bonds. The van der Waals surface area contributed by atoms with Crippen LogP contribution in [0.4, 0.5) is 0 Å². The Morgan fingerprint density at radius 1 is 1.30 bits per heavy atom. The number of nitrogens with one attached hydrogen (secondary N) is 1. The molecule has 5 nitrogen and oxygen atoms in total. The van der Waals surface area contributed by atoms with Crippen LogP contribution in [0, 0.1) is 0 Å². The third kappa shape index (κ3) is 4.99. The van der Waals surface area contributed by atoms with Gasteiger partial charge < -0.3 is 0 Å². The van der Waals surface area contributed by atoms with Crippen LogP contribution >= 0.6 is 23.4 Å². The fourth-order valence-corrected chi connectivity index (χ4v) is 1.93. The number of carbonyl (C=O) groups is 1. The van der Waals surface area contributed by atoms with Gasteiger partial charge in [-0.05, 0) is 5.56 Å². The number of thioether (sulfide) groups is 1. The summed E-state index contributed by atoms with van der Waals surface area (Å²) in [6.45, 7) is 0. The van der Waals surface area contributed by atoms with Crippen molar-refractivity contribution in [1.82, 2.24) is 15.4 Å². The van der Waals surface area contributed by atoms with Gasteiger partial charge in [0.15, 0.2) is 5.16 Å². The van der Waals surface area contributed by atoms with Gasteiger partial charge >= 0.3 is 0 Å². The first-order chi connectivity index (χ1) is 9.74. The first-order valence-corrected chi connectivity index (χ1v) is 7.08. The van der Waals surface area contributed by atoms with Crippen molar-refractivity contribution in [2.24, 2.45) is 5.10 Å². The largest absolute Gasteiger partial charge is 0.272 e. The van der Waals surface area contributed by atoms with Crippen molar-refractivity contribution in [3.05, 3.63) is 53.3 Å². The molecule has 0 fully saturated rings. The van der Waals surface area contributed by atoms with Gasteiger partial charge in [0.2, 0.25) is 0 Å². The van der Waals surface area contributed by atoms with E-state index in [0.29, 0.717) is 10.2 Å². The normalized spacial score (nSPS) is 10.7. The third-order valence-corrected chi connectivity index (χ3v) is 3.20. The maximum Gasteiger partial charge on any atom is 0.250 e. The van der Waals surface area contributed by atoms with E-state index in [1.165, 1.54) is 24.2 Å². The van der Waals surface area contributed by atoms with E-state index in [2.05, 4.69) is 20.5 Å². The molecule has 1 aromatic heterocycles. The molecule has 0 radical (unpaired) electrons. The monoisotopic (exact) mass is 306 g/mol. The molecule has 0 unspecified atom stereocenters.